The zero-order valence-corrected chi connectivity index (χ0v) is 9.91. The van der Waals surface area contributed by atoms with Crippen LogP contribution in [-0.2, 0) is 16.1 Å². The Kier molecular flexibility index (Phi) is 4.58. The first-order valence-corrected chi connectivity index (χ1v) is 5.46. The van der Waals surface area contributed by atoms with Crippen LogP contribution in [0.2, 0.25) is 0 Å². The van der Waals surface area contributed by atoms with E-state index in [0.29, 0.717) is 6.61 Å². The molecule has 86 valence electrons. The molecule has 3 heteroatoms. The van der Waals surface area contributed by atoms with Crippen molar-refractivity contribution in [3.63, 3.8) is 0 Å². The molecule has 16 heavy (non-hydrogen) atoms. The molecule has 0 saturated carbocycles. The first-order chi connectivity index (χ1) is 7.75. The van der Waals surface area contributed by atoms with Crippen molar-refractivity contribution in [3.05, 3.63) is 36.0 Å². The quantitative estimate of drug-likeness (QED) is 0.788. The van der Waals surface area contributed by atoms with Crippen LogP contribution in [0, 0.1) is 0 Å². The molecular weight excluding hydrogens is 202 g/mol. The maximum atomic E-state index is 10.6. The molecule has 2 rings (SSSR count). The summed E-state index contributed by atoms with van der Waals surface area (Å²) < 4.78 is 4.89. The number of esters is 1. The number of carbonyl (C=O) groups is 1. The Labute approximate surface area is 95.4 Å². The van der Waals surface area contributed by atoms with Crippen molar-refractivity contribution in [2.24, 2.45) is 0 Å². The van der Waals surface area contributed by atoms with Gasteiger partial charge in [-0.15, -0.1) is 0 Å². The fraction of sp³-hybridized carbons (Fsp3) is 0.308. The second-order valence-electron chi connectivity index (χ2n) is 3.16. The molecule has 0 aliphatic carbocycles. The smallest absolute Gasteiger partial charge is 0.303 e. The van der Waals surface area contributed by atoms with Crippen LogP contribution in [0.3, 0.4) is 0 Å². The first-order valence-electron chi connectivity index (χ1n) is 5.46. The van der Waals surface area contributed by atoms with Gasteiger partial charge in [0.2, 0.25) is 0 Å². The molecule has 1 aromatic heterocycles. The summed E-state index contributed by atoms with van der Waals surface area (Å²) in [6, 6.07) is 9.94. The van der Waals surface area contributed by atoms with Gasteiger partial charge in [-0.05, 0) is 17.5 Å². The zero-order valence-electron chi connectivity index (χ0n) is 9.91. The number of aromatic amines is 1. The van der Waals surface area contributed by atoms with E-state index < -0.39 is 0 Å². The number of aromatic nitrogens is 1. The van der Waals surface area contributed by atoms with Crippen molar-refractivity contribution in [2.45, 2.75) is 27.4 Å². The highest BCUT2D eigenvalue weighted by Gasteiger charge is 2.00. The van der Waals surface area contributed by atoms with Crippen molar-refractivity contribution >= 4 is 16.9 Å². The molecule has 0 aliphatic heterocycles. The van der Waals surface area contributed by atoms with E-state index in [4.69, 9.17) is 4.74 Å². The van der Waals surface area contributed by atoms with Gasteiger partial charge in [-0.2, -0.15) is 0 Å². The molecule has 0 spiro atoms. The Balaban J connectivity index is 0.000000606. The van der Waals surface area contributed by atoms with Crippen molar-refractivity contribution in [1.29, 1.82) is 0 Å². The molecule has 0 bridgehead atoms. The van der Waals surface area contributed by atoms with Crippen LogP contribution < -0.4 is 0 Å². The number of carbonyl (C=O) groups excluding carboxylic acids is 1. The normalized spacial score (nSPS) is 9.44. The van der Waals surface area contributed by atoms with E-state index >= 15 is 0 Å². The topological polar surface area (TPSA) is 42.1 Å². The summed E-state index contributed by atoms with van der Waals surface area (Å²) >= 11 is 0. The van der Waals surface area contributed by atoms with Gasteiger partial charge in [0.05, 0.1) is 5.69 Å². The SMILES string of the molecule is CC.CC(=O)OCc1cc2ccccc2[nH]1. The molecule has 2 aromatic rings. The van der Waals surface area contributed by atoms with E-state index in [1.165, 1.54) is 6.92 Å². The molecule has 0 saturated heterocycles. The second-order valence-corrected chi connectivity index (χ2v) is 3.16. The average Bonchev–Trinajstić information content (AvgIpc) is 2.71. The Morgan fingerprint density at radius 2 is 2.00 bits per heavy atom. The molecule has 0 atom stereocenters. The van der Waals surface area contributed by atoms with Crippen LogP contribution in [0.1, 0.15) is 26.5 Å². The molecule has 0 aliphatic rings. The van der Waals surface area contributed by atoms with E-state index in [1.807, 2.05) is 44.2 Å². The lowest BCUT2D eigenvalue weighted by Gasteiger charge is -1.97. The monoisotopic (exact) mass is 219 g/mol. The van der Waals surface area contributed by atoms with Crippen molar-refractivity contribution in [3.8, 4) is 0 Å². The number of nitrogens with one attached hydrogen (secondary N) is 1. The molecule has 1 heterocycles. The molecule has 0 unspecified atom stereocenters. The van der Waals surface area contributed by atoms with E-state index in [9.17, 15) is 4.79 Å². The third-order valence-electron chi connectivity index (χ3n) is 2.02. The van der Waals surface area contributed by atoms with Crippen molar-refractivity contribution < 1.29 is 9.53 Å². The summed E-state index contributed by atoms with van der Waals surface area (Å²) in [6.45, 7) is 5.71. The Morgan fingerprint density at radius 3 is 2.62 bits per heavy atom. The lowest BCUT2D eigenvalue weighted by Crippen LogP contribution is -1.98. The number of rotatable bonds is 2. The number of ether oxygens (including phenoxy) is 1. The van der Waals surface area contributed by atoms with Crippen LogP contribution in [-0.4, -0.2) is 11.0 Å². The molecule has 1 aromatic carbocycles. The van der Waals surface area contributed by atoms with Crippen molar-refractivity contribution in [1.82, 2.24) is 4.98 Å². The van der Waals surface area contributed by atoms with Gasteiger partial charge in [0.1, 0.15) is 6.61 Å². The summed E-state index contributed by atoms with van der Waals surface area (Å²) in [7, 11) is 0. The van der Waals surface area contributed by atoms with Gasteiger partial charge >= 0.3 is 5.97 Å². The highest BCUT2D eigenvalue weighted by molar-refractivity contribution is 5.80. The standard InChI is InChI=1S/C11H11NO2.C2H6/c1-8(13)14-7-10-6-9-4-2-3-5-11(9)12-10;1-2/h2-6,12H,7H2,1H3;1-2H3. The van der Waals surface area contributed by atoms with E-state index in [2.05, 4.69) is 4.98 Å². The van der Waals surface area contributed by atoms with Gasteiger partial charge in [0, 0.05) is 12.4 Å². The Bertz CT molecular complexity index is 427. The summed E-state index contributed by atoms with van der Waals surface area (Å²) in [6.07, 6.45) is 0. The zero-order chi connectivity index (χ0) is 12.0. The maximum absolute atomic E-state index is 10.6. The highest BCUT2D eigenvalue weighted by Crippen LogP contribution is 2.14. The predicted octanol–water partition coefficient (Wildman–Crippen LogP) is 3.26. The summed E-state index contributed by atoms with van der Waals surface area (Å²) in [5, 5.41) is 1.13. The van der Waals surface area contributed by atoms with E-state index in [-0.39, 0.29) is 5.97 Å². The number of para-hydroxylation sites is 1. The molecule has 3 nitrogen and oxygen atoms in total. The summed E-state index contributed by atoms with van der Waals surface area (Å²) in [4.78, 5) is 13.8. The Hall–Kier alpha value is -1.77. The number of fused-ring (bicyclic) bond motifs is 1. The van der Waals surface area contributed by atoms with Gasteiger partial charge in [0.25, 0.3) is 0 Å². The fourth-order valence-corrected chi connectivity index (χ4v) is 1.39. The summed E-state index contributed by atoms with van der Waals surface area (Å²) in [5.74, 6) is -0.261. The summed E-state index contributed by atoms with van der Waals surface area (Å²) in [5.41, 5.74) is 1.98. The van der Waals surface area contributed by atoms with Crippen LogP contribution in [0.5, 0.6) is 0 Å². The molecular formula is C13H17NO2. The van der Waals surface area contributed by atoms with Crippen LogP contribution in [0.4, 0.5) is 0 Å². The largest absolute Gasteiger partial charge is 0.459 e. The minimum atomic E-state index is -0.261. The first kappa shape index (κ1) is 12.3. The third-order valence-corrected chi connectivity index (χ3v) is 2.02. The molecule has 0 fully saturated rings. The van der Waals surface area contributed by atoms with Crippen LogP contribution >= 0.6 is 0 Å². The number of H-pyrrole nitrogens is 1. The number of hydrogen-bond donors (Lipinski definition) is 1. The van der Waals surface area contributed by atoms with Crippen molar-refractivity contribution in [2.75, 3.05) is 0 Å². The lowest BCUT2D eigenvalue weighted by atomic mass is 10.2. The Morgan fingerprint density at radius 1 is 1.31 bits per heavy atom. The number of hydrogen-bond acceptors (Lipinski definition) is 2. The minimum Gasteiger partial charge on any atom is -0.459 e. The maximum Gasteiger partial charge on any atom is 0.303 e. The number of benzene rings is 1. The molecule has 1 N–H and O–H groups in total. The second kappa shape index (κ2) is 5.95. The minimum absolute atomic E-state index is 0.261. The van der Waals surface area contributed by atoms with Gasteiger partial charge < -0.3 is 9.72 Å². The van der Waals surface area contributed by atoms with Gasteiger partial charge in [0.15, 0.2) is 0 Å². The highest BCUT2D eigenvalue weighted by atomic mass is 16.5. The fourth-order valence-electron chi connectivity index (χ4n) is 1.39. The third kappa shape index (κ3) is 3.12. The van der Waals surface area contributed by atoms with Crippen LogP contribution in [0.25, 0.3) is 10.9 Å². The molecule has 0 amide bonds. The van der Waals surface area contributed by atoms with Gasteiger partial charge in [-0.3, -0.25) is 4.79 Å². The van der Waals surface area contributed by atoms with E-state index in [0.717, 1.165) is 16.6 Å². The van der Waals surface area contributed by atoms with Crippen LogP contribution in [0.15, 0.2) is 30.3 Å². The van der Waals surface area contributed by atoms with E-state index in [1.54, 1.807) is 0 Å². The van der Waals surface area contributed by atoms with Gasteiger partial charge in [-0.1, -0.05) is 32.0 Å². The van der Waals surface area contributed by atoms with Gasteiger partial charge in [-0.25, -0.2) is 0 Å². The lowest BCUT2D eigenvalue weighted by molar-refractivity contribution is -0.142. The molecule has 0 radical (unpaired) electrons. The average molecular weight is 219 g/mol. The predicted molar refractivity (Wildman–Crippen MR) is 65.1 cm³/mol.